The fourth-order valence-corrected chi connectivity index (χ4v) is 3.81. The van der Waals surface area contributed by atoms with Gasteiger partial charge >= 0.3 is 0 Å². The second-order valence-electron chi connectivity index (χ2n) is 6.48. The summed E-state index contributed by atoms with van der Waals surface area (Å²) >= 11 is 1.39. The summed E-state index contributed by atoms with van der Waals surface area (Å²) in [4.78, 5) is 19.9. The van der Waals surface area contributed by atoms with E-state index in [1.807, 2.05) is 19.1 Å². The number of benzene rings is 2. The number of aromatic amines is 1. The number of hydrogen-bond donors (Lipinski definition) is 3. The van der Waals surface area contributed by atoms with Gasteiger partial charge in [0.15, 0.2) is 5.13 Å². The summed E-state index contributed by atoms with van der Waals surface area (Å²) in [6.45, 7) is 2.45. The monoisotopic (exact) mass is 394 g/mol. The molecule has 0 aliphatic rings. The third-order valence-corrected chi connectivity index (χ3v) is 5.52. The van der Waals surface area contributed by atoms with E-state index in [1.165, 1.54) is 23.5 Å². The number of fused-ring (bicyclic) bond motifs is 1. The molecule has 4 rings (SSSR count). The molecule has 2 aromatic heterocycles. The molecular weight excluding hydrogens is 375 g/mol. The number of H-pyrrole nitrogens is 1. The summed E-state index contributed by atoms with van der Waals surface area (Å²) in [6.07, 6.45) is 0. The summed E-state index contributed by atoms with van der Waals surface area (Å²) in [6, 6.07) is 12.5. The van der Waals surface area contributed by atoms with E-state index in [2.05, 4.69) is 26.7 Å². The standard InChI is InChI=1S/C21H19FN4OS/c1-12-16-9-13(10-24-20(27)18-11-28-21(23-2)26-18)3-8-17(16)25-19(12)14-4-6-15(22)7-5-14/h3-9,11,25H,10H2,1-2H3,(H,23,26)(H,24,27). The highest BCUT2D eigenvalue weighted by molar-refractivity contribution is 7.13. The van der Waals surface area contributed by atoms with Gasteiger partial charge in [0, 0.05) is 35.6 Å². The Balaban J connectivity index is 1.55. The molecule has 3 N–H and O–H groups in total. The van der Waals surface area contributed by atoms with Crippen LogP contribution in [0.25, 0.3) is 22.2 Å². The second kappa shape index (κ2) is 7.44. The first-order valence-corrected chi connectivity index (χ1v) is 9.71. The number of aryl methyl sites for hydroxylation is 1. The summed E-state index contributed by atoms with van der Waals surface area (Å²) in [5, 5.41) is 9.35. The zero-order valence-corrected chi connectivity index (χ0v) is 16.3. The van der Waals surface area contributed by atoms with Gasteiger partial charge in [0.05, 0.1) is 0 Å². The van der Waals surface area contributed by atoms with Gasteiger partial charge in [-0.25, -0.2) is 9.37 Å². The maximum absolute atomic E-state index is 13.2. The van der Waals surface area contributed by atoms with Gasteiger partial charge in [-0.2, -0.15) is 0 Å². The minimum atomic E-state index is -0.252. The Morgan fingerprint density at radius 3 is 2.71 bits per heavy atom. The lowest BCUT2D eigenvalue weighted by molar-refractivity contribution is 0.0946. The maximum atomic E-state index is 13.2. The van der Waals surface area contributed by atoms with Crippen molar-refractivity contribution in [3.8, 4) is 11.3 Å². The Bertz CT molecular complexity index is 1150. The Labute approximate surface area is 165 Å². The number of carbonyl (C=O) groups is 1. The van der Waals surface area contributed by atoms with Gasteiger partial charge in [-0.05, 0) is 60.0 Å². The van der Waals surface area contributed by atoms with Gasteiger partial charge in [0.25, 0.3) is 5.91 Å². The molecule has 1 amide bonds. The zero-order valence-electron chi connectivity index (χ0n) is 15.5. The van der Waals surface area contributed by atoms with Crippen LogP contribution in [0.4, 0.5) is 9.52 Å². The van der Waals surface area contributed by atoms with Gasteiger partial charge in [-0.1, -0.05) is 6.07 Å². The van der Waals surface area contributed by atoms with Crippen molar-refractivity contribution < 1.29 is 9.18 Å². The highest BCUT2D eigenvalue weighted by Gasteiger charge is 2.12. The molecule has 7 heteroatoms. The number of carbonyl (C=O) groups excluding carboxylic acids is 1. The van der Waals surface area contributed by atoms with Crippen LogP contribution in [0.15, 0.2) is 47.8 Å². The summed E-state index contributed by atoms with van der Waals surface area (Å²) in [7, 11) is 1.77. The van der Waals surface area contributed by atoms with E-state index in [0.29, 0.717) is 17.4 Å². The second-order valence-corrected chi connectivity index (χ2v) is 7.34. The largest absolute Gasteiger partial charge is 0.365 e. The van der Waals surface area contributed by atoms with Gasteiger partial charge < -0.3 is 15.6 Å². The normalized spacial score (nSPS) is 11.0. The predicted molar refractivity (Wildman–Crippen MR) is 111 cm³/mol. The Morgan fingerprint density at radius 1 is 1.21 bits per heavy atom. The quantitative estimate of drug-likeness (QED) is 0.459. The van der Waals surface area contributed by atoms with Gasteiger partial charge in [-0.15, -0.1) is 11.3 Å². The zero-order chi connectivity index (χ0) is 19.7. The van der Waals surface area contributed by atoms with Gasteiger partial charge in [0.1, 0.15) is 11.5 Å². The van der Waals surface area contributed by atoms with E-state index in [1.54, 1.807) is 24.6 Å². The molecule has 5 nitrogen and oxygen atoms in total. The summed E-state index contributed by atoms with van der Waals surface area (Å²) in [5.74, 6) is -0.451. The number of anilines is 1. The van der Waals surface area contributed by atoms with E-state index in [0.717, 1.165) is 33.3 Å². The van der Waals surface area contributed by atoms with E-state index in [-0.39, 0.29) is 11.7 Å². The molecular formula is C21H19FN4OS. The lowest BCUT2D eigenvalue weighted by Crippen LogP contribution is -2.23. The number of halogens is 1. The highest BCUT2D eigenvalue weighted by atomic mass is 32.1. The third kappa shape index (κ3) is 3.48. The van der Waals surface area contributed by atoms with Crippen LogP contribution in [0.2, 0.25) is 0 Å². The van der Waals surface area contributed by atoms with Crippen molar-refractivity contribution in [3.05, 3.63) is 70.5 Å². The Morgan fingerprint density at radius 2 is 2.00 bits per heavy atom. The van der Waals surface area contributed by atoms with E-state index < -0.39 is 0 Å². The number of hydrogen-bond acceptors (Lipinski definition) is 4. The molecule has 0 aliphatic carbocycles. The van der Waals surface area contributed by atoms with E-state index >= 15 is 0 Å². The first-order valence-electron chi connectivity index (χ1n) is 8.84. The van der Waals surface area contributed by atoms with E-state index in [4.69, 9.17) is 0 Å². The maximum Gasteiger partial charge on any atom is 0.271 e. The summed E-state index contributed by atoms with van der Waals surface area (Å²) in [5.41, 5.74) is 5.41. The lowest BCUT2D eigenvalue weighted by Gasteiger charge is -2.04. The van der Waals surface area contributed by atoms with Gasteiger partial charge in [-0.3, -0.25) is 4.79 Å². The summed E-state index contributed by atoms with van der Waals surface area (Å²) < 4.78 is 13.2. The van der Waals surface area contributed by atoms with Crippen LogP contribution in [-0.4, -0.2) is 22.9 Å². The molecule has 28 heavy (non-hydrogen) atoms. The number of amides is 1. The average Bonchev–Trinajstić information content (AvgIpc) is 3.32. The predicted octanol–water partition coefficient (Wildman–Crippen LogP) is 4.71. The average molecular weight is 394 g/mol. The minimum Gasteiger partial charge on any atom is -0.365 e. The fraction of sp³-hybridized carbons (Fsp3) is 0.143. The van der Waals surface area contributed by atoms with Crippen molar-refractivity contribution in [2.24, 2.45) is 0 Å². The molecule has 0 aliphatic heterocycles. The third-order valence-electron chi connectivity index (χ3n) is 4.66. The molecule has 0 bridgehead atoms. The molecule has 2 aromatic carbocycles. The number of nitrogens with one attached hydrogen (secondary N) is 3. The highest BCUT2D eigenvalue weighted by Crippen LogP contribution is 2.30. The Hall–Kier alpha value is -3.19. The molecule has 4 aromatic rings. The number of rotatable bonds is 5. The molecule has 0 atom stereocenters. The van der Waals surface area contributed by atoms with Crippen LogP contribution in [0, 0.1) is 12.7 Å². The van der Waals surface area contributed by atoms with Crippen molar-refractivity contribution in [1.29, 1.82) is 0 Å². The lowest BCUT2D eigenvalue weighted by atomic mass is 10.0. The van der Waals surface area contributed by atoms with Crippen LogP contribution in [0.5, 0.6) is 0 Å². The van der Waals surface area contributed by atoms with Crippen LogP contribution in [0.1, 0.15) is 21.6 Å². The van der Waals surface area contributed by atoms with Crippen LogP contribution < -0.4 is 10.6 Å². The topological polar surface area (TPSA) is 69.8 Å². The van der Waals surface area contributed by atoms with Crippen molar-refractivity contribution >= 4 is 33.3 Å². The molecule has 2 heterocycles. The number of aromatic nitrogens is 2. The first-order chi connectivity index (χ1) is 13.5. The molecule has 0 saturated carbocycles. The van der Waals surface area contributed by atoms with Crippen LogP contribution in [0.3, 0.4) is 0 Å². The molecule has 0 spiro atoms. The van der Waals surface area contributed by atoms with Crippen molar-refractivity contribution in [3.63, 3.8) is 0 Å². The van der Waals surface area contributed by atoms with Crippen molar-refractivity contribution in [2.75, 3.05) is 12.4 Å². The van der Waals surface area contributed by atoms with Crippen LogP contribution >= 0.6 is 11.3 Å². The number of thiazole rings is 1. The van der Waals surface area contributed by atoms with Crippen molar-refractivity contribution in [1.82, 2.24) is 15.3 Å². The van der Waals surface area contributed by atoms with Crippen LogP contribution in [-0.2, 0) is 6.54 Å². The van der Waals surface area contributed by atoms with Crippen molar-refractivity contribution in [2.45, 2.75) is 13.5 Å². The van der Waals surface area contributed by atoms with E-state index in [9.17, 15) is 9.18 Å². The SMILES string of the molecule is CNc1nc(C(=O)NCc2ccc3[nH]c(-c4ccc(F)cc4)c(C)c3c2)cs1. The Kier molecular flexibility index (Phi) is 4.83. The molecule has 0 fully saturated rings. The molecule has 142 valence electrons. The first kappa shape index (κ1) is 18.2. The number of nitrogens with zero attached hydrogens (tertiary/aromatic N) is 1. The fourth-order valence-electron chi connectivity index (χ4n) is 3.15. The molecule has 0 saturated heterocycles. The minimum absolute atomic E-state index is 0.198. The molecule has 0 unspecified atom stereocenters. The smallest absolute Gasteiger partial charge is 0.271 e. The van der Waals surface area contributed by atoms with Gasteiger partial charge in [0.2, 0.25) is 0 Å². The molecule has 0 radical (unpaired) electrons.